The van der Waals surface area contributed by atoms with Crippen LogP contribution in [0.3, 0.4) is 0 Å². The third-order valence-electron chi connectivity index (χ3n) is 3.07. The van der Waals surface area contributed by atoms with Crippen LogP contribution in [-0.2, 0) is 9.53 Å². The van der Waals surface area contributed by atoms with Gasteiger partial charge in [-0.15, -0.1) is 0 Å². The second kappa shape index (κ2) is 6.96. The monoisotopic (exact) mass is 278 g/mol. The van der Waals surface area contributed by atoms with E-state index in [1.807, 2.05) is 0 Å². The van der Waals surface area contributed by atoms with Gasteiger partial charge in [-0.05, 0) is 23.8 Å². The van der Waals surface area contributed by atoms with E-state index in [4.69, 9.17) is 19.3 Å². The summed E-state index contributed by atoms with van der Waals surface area (Å²) in [7, 11) is 1.58. The number of ether oxygens (including phenoxy) is 3. The highest BCUT2D eigenvalue weighted by molar-refractivity contribution is 5.85. The maximum Gasteiger partial charge on any atom is 0.328 e. The van der Waals surface area contributed by atoms with E-state index in [2.05, 4.69) is 0 Å². The summed E-state index contributed by atoms with van der Waals surface area (Å²) in [5.74, 6) is 0.295. The lowest BCUT2D eigenvalue weighted by atomic mass is 10.1. The average molecular weight is 278 g/mol. The molecule has 1 N–H and O–H groups in total. The quantitative estimate of drug-likeness (QED) is 0.837. The molecule has 1 aromatic carbocycles. The molecule has 0 saturated carbocycles. The van der Waals surface area contributed by atoms with Crippen LogP contribution in [0.1, 0.15) is 18.4 Å². The predicted molar refractivity (Wildman–Crippen MR) is 74.1 cm³/mol. The Morgan fingerprint density at radius 3 is 2.75 bits per heavy atom. The average Bonchev–Trinajstić information content (AvgIpc) is 2.46. The highest BCUT2D eigenvalue weighted by Gasteiger charge is 2.17. The van der Waals surface area contributed by atoms with Crippen LogP contribution in [0.25, 0.3) is 6.08 Å². The minimum atomic E-state index is -0.979. The SMILES string of the molecule is COc1ccc(/C=C/C(=O)O)cc1OC1CCOCC1. The highest BCUT2D eigenvalue weighted by atomic mass is 16.5. The molecule has 1 saturated heterocycles. The zero-order valence-corrected chi connectivity index (χ0v) is 11.4. The lowest BCUT2D eigenvalue weighted by Crippen LogP contribution is -2.26. The summed E-state index contributed by atoms with van der Waals surface area (Å²) >= 11 is 0. The Kier molecular flexibility index (Phi) is 5.01. The molecule has 0 radical (unpaired) electrons. The molecular formula is C15H18O5. The van der Waals surface area contributed by atoms with Gasteiger partial charge in [-0.2, -0.15) is 0 Å². The molecule has 20 heavy (non-hydrogen) atoms. The van der Waals surface area contributed by atoms with Crippen LogP contribution in [-0.4, -0.2) is 37.5 Å². The van der Waals surface area contributed by atoms with Gasteiger partial charge in [0.2, 0.25) is 0 Å². The summed E-state index contributed by atoms with van der Waals surface area (Å²) in [6, 6.07) is 5.35. The van der Waals surface area contributed by atoms with Crippen molar-refractivity contribution >= 4 is 12.0 Å². The second-order valence-corrected chi connectivity index (χ2v) is 4.51. The number of rotatable bonds is 5. The van der Waals surface area contributed by atoms with Crippen LogP contribution in [0.15, 0.2) is 24.3 Å². The number of aliphatic carboxylic acids is 1. The molecule has 5 nitrogen and oxygen atoms in total. The first-order valence-electron chi connectivity index (χ1n) is 6.52. The number of carbonyl (C=O) groups is 1. The van der Waals surface area contributed by atoms with Crippen molar-refractivity contribution in [3.63, 3.8) is 0 Å². The van der Waals surface area contributed by atoms with Crippen LogP contribution in [0, 0.1) is 0 Å². The topological polar surface area (TPSA) is 65.0 Å². The van der Waals surface area contributed by atoms with E-state index in [-0.39, 0.29) is 6.10 Å². The van der Waals surface area contributed by atoms with Gasteiger partial charge in [-0.1, -0.05) is 6.07 Å². The first kappa shape index (κ1) is 14.4. The van der Waals surface area contributed by atoms with Crippen molar-refractivity contribution in [3.05, 3.63) is 29.8 Å². The number of hydrogen-bond donors (Lipinski definition) is 1. The summed E-state index contributed by atoms with van der Waals surface area (Å²) in [5.41, 5.74) is 0.759. The Hall–Kier alpha value is -2.01. The lowest BCUT2D eigenvalue weighted by Gasteiger charge is -2.24. The first-order chi connectivity index (χ1) is 9.69. The zero-order valence-electron chi connectivity index (χ0n) is 11.4. The van der Waals surface area contributed by atoms with Crippen LogP contribution >= 0.6 is 0 Å². The fourth-order valence-corrected chi connectivity index (χ4v) is 2.03. The molecule has 108 valence electrons. The zero-order chi connectivity index (χ0) is 14.4. The van der Waals surface area contributed by atoms with Gasteiger partial charge in [0.05, 0.1) is 20.3 Å². The number of carboxylic acids is 1. The molecule has 1 aliphatic rings. The predicted octanol–water partition coefficient (Wildman–Crippen LogP) is 2.35. The van der Waals surface area contributed by atoms with Crippen LogP contribution in [0.2, 0.25) is 0 Å². The van der Waals surface area contributed by atoms with Crippen molar-refractivity contribution in [2.45, 2.75) is 18.9 Å². The third kappa shape index (κ3) is 3.99. The molecule has 2 rings (SSSR count). The lowest BCUT2D eigenvalue weighted by molar-refractivity contribution is -0.131. The van der Waals surface area contributed by atoms with Crippen molar-refractivity contribution in [1.29, 1.82) is 0 Å². The normalized spacial score (nSPS) is 16.2. The van der Waals surface area contributed by atoms with Gasteiger partial charge in [0, 0.05) is 18.9 Å². The molecule has 5 heteroatoms. The van der Waals surface area contributed by atoms with Crippen LogP contribution in [0.5, 0.6) is 11.5 Å². The molecule has 1 heterocycles. The van der Waals surface area contributed by atoms with Gasteiger partial charge in [0.15, 0.2) is 11.5 Å². The molecule has 0 amide bonds. The Morgan fingerprint density at radius 1 is 1.35 bits per heavy atom. The minimum absolute atomic E-state index is 0.108. The largest absolute Gasteiger partial charge is 0.493 e. The van der Waals surface area contributed by atoms with E-state index in [9.17, 15) is 4.79 Å². The Balaban J connectivity index is 2.15. The maximum absolute atomic E-state index is 10.5. The van der Waals surface area contributed by atoms with Gasteiger partial charge in [0.1, 0.15) is 6.10 Å². The van der Waals surface area contributed by atoms with Gasteiger partial charge >= 0.3 is 5.97 Å². The van der Waals surface area contributed by atoms with E-state index in [1.165, 1.54) is 6.08 Å². The molecule has 0 atom stereocenters. The fraction of sp³-hybridized carbons (Fsp3) is 0.400. The Morgan fingerprint density at radius 2 is 2.10 bits per heavy atom. The van der Waals surface area contributed by atoms with Crippen molar-refractivity contribution < 1.29 is 24.1 Å². The van der Waals surface area contributed by atoms with E-state index in [0.717, 1.165) is 24.5 Å². The second-order valence-electron chi connectivity index (χ2n) is 4.51. The standard InChI is InChI=1S/C15H18O5/c1-18-13-4-2-11(3-5-15(16)17)10-14(13)20-12-6-8-19-9-7-12/h2-5,10,12H,6-9H2,1H3,(H,16,17)/b5-3+. The highest BCUT2D eigenvalue weighted by Crippen LogP contribution is 2.30. The summed E-state index contributed by atoms with van der Waals surface area (Å²) in [6.45, 7) is 1.40. The Labute approximate surface area is 117 Å². The van der Waals surface area contributed by atoms with Crippen molar-refractivity contribution in [1.82, 2.24) is 0 Å². The van der Waals surface area contributed by atoms with E-state index in [0.29, 0.717) is 24.7 Å². The van der Waals surface area contributed by atoms with E-state index >= 15 is 0 Å². The molecule has 0 aromatic heterocycles. The summed E-state index contributed by atoms with van der Waals surface area (Å²) in [6.07, 6.45) is 4.42. The summed E-state index contributed by atoms with van der Waals surface area (Å²) in [4.78, 5) is 10.5. The van der Waals surface area contributed by atoms with Crippen LogP contribution in [0.4, 0.5) is 0 Å². The molecule has 1 aliphatic heterocycles. The van der Waals surface area contributed by atoms with Crippen molar-refractivity contribution in [2.75, 3.05) is 20.3 Å². The number of methoxy groups -OCH3 is 1. The number of carboxylic acid groups (broad SMARTS) is 1. The first-order valence-corrected chi connectivity index (χ1v) is 6.52. The summed E-state index contributed by atoms with van der Waals surface area (Å²) < 4.78 is 16.5. The van der Waals surface area contributed by atoms with Crippen molar-refractivity contribution in [3.8, 4) is 11.5 Å². The van der Waals surface area contributed by atoms with Gasteiger partial charge in [0.25, 0.3) is 0 Å². The summed E-state index contributed by atoms with van der Waals surface area (Å²) in [5, 5.41) is 8.65. The fourth-order valence-electron chi connectivity index (χ4n) is 2.03. The molecule has 0 unspecified atom stereocenters. The Bertz CT molecular complexity index is 489. The molecule has 1 fully saturated rings. The third-order valence-corrected chi connectivity index (χ3v) is 3.07. The van der Waals surface area contributed by atoms with Crippen molar-refractivity contribution in [2.24, 2.45) is 0 Å². The minimum Gasteiger partial charge on any atom is -0.493 e. The van der Waals surface area contributed by atoms with E-state index < -0.39 is 5.97 Å². The molecule has 0 bridgehead atoms. The van der Waals surface area contributed by atoms with Gasteiger partial charge < -0.3 is 19.3 Å². The smallest absolute Gasteiger partial charge is 0.328 e. The van der Waals surface area contributed by atoms with Gasteiger partial charge in [-0.3, -0.25) is 0 Å². The molecule has 0 aliphatic carbocycles. The molecule has 0 spiro atoms. The van der Waals surface area contributed by atoms with Gasteiger partial charge in [-0.25, -0.2) is 4.79 Å². The van der Waals surface area contributed by atoms with E-state index in [1.54, 1.807) is 25.3 Å². The molecular weight excluding hydrogens is 260 g/mol. The number of hydrogen-bond acceptors (Lipinski definition) is 4. The number of benzene rings is 1. The maximum atomic E-state index is 10.5. The van der Waals surface area contributed by atoms with Crippen LogP contribution < -0.4 is 9.47 Å². The molecule has 1 aromatic rings.